The number of rotatable bonds is 11. The largest absolute Gasteiger partial charge is 0.487 e. The number of nitrogens with one attached hydrogen (secondary N) is 2. The van der Waals surface area contributed by atoms with Gasteiger partial charge in [0, 0.05) is 24.4 Å². The fourth-order valence-electron chi connectivity index (χ4n) is 6.64. The summed E-state index contributed by atoms with van der Waals surface area (Å²) in [6, 6.07) is 15.1. The van der Waals surface area contributed by atoms with Crippen LogP contribution in [-0.2, 0) is 30.7 Å². The highest BCUT2D eigenvalue weighted by Gasteiger charge is 2.37. The lowest BCUT2D eigenvalue weighted by atomic mass is 9.94. The Morgan fingerprint density at radius 3 is 2.25 bits per heavy atom. The molecule has 256 valence electrons. The maximum Gasteiger partial charge on any atom is 0.407 e. The summed E-state index contributed by atoms with van der Waals surface area (Å²) in [6.45, 7) is 11.3. The van der Waals surface area contributed by atoms with Gasteiger partial charge in [0.25, 0.3) is 10.0 Å². The normalized spacial score (nSPS) is 15.5. The molecule has 3 aromatic carbocycles. The highest BCUT2D eigenvalue weighted by molar-refractivity contribution is 7.90. The number of sulfonamides is 1. The van der Waals surface area contributed by atoms with E-state index >= 15 is 0 Å². The van der Waals surface area contributed by atoms with Crippen LogP contribution in [0, 0.1) is 20.8 Å². The fourth-order valence-corrected chi connectivity index (χ4v) is 8.16. The highest BCUT2D eigenvalue weighted by Crippen LogP contribution is 2.45. The van der Waals surface area contributed by atoms with Crippen LogP contribution in [0.2, 0.25) is 0 Å². The first-order valence-electron chi connectivity index (χ1n) is 16.2. The standard InChI is InChI=1S/C36H44N4O7S/c1-7-45-33(41)30(39-35(42)46-20-29-26-15-10-8-13-24(26)25-14-9-11-16-27(25)29)17-12-18-38-34(37)40-48(43,44)32-22(3)21(2)31-28(23(32)4)19-36(5,6)47-31/h8-11,13-16,29-30H,7,12,17-20H2,1-6H3,(H,39,42)(H3,37,38,40)/t30-/m0/s1. The predicted molar refractivity (Wildman–Crippen MR) is 184 cm³/mol. The van der Waals surface area contributed by atoms with Crippen LogP contribution in [-0.4, -0.2) is 57.8 Å². The molecule has 2 aliphatic rings. The van der Waals surface area contributed by atoms with Crippen LogP contribution in [0.4, 0.5) is 4.79 Å². The van der Waals surface area contributed by atoms with Gasteiger partial charge >= 0.3 is 12.1 Å². The quantitative estimate of drug-likeness (QED) is 0.109. The fraction of sp³-hybridized carbons (Fsp3) is 0.417. The molecule has 11 nitrogen and oxygen atoms in total. The molecule has 1 atom stereocenters. The molecular weight excluding hydrogens is 632 g/mol. The van der Waals surface area contributed by atoms with Gasteiger partial charge in [0.2, 0.25) is 5.96 Å². The van der Waals surface area contributed by atoms with E-state index in [0.717, 1.165) is 39.1 Å². The third kappa shape index (κ3) is 7.13. The van der Waals surface area contributed by atoms with Crippen molar-refractivity contribution in [1.82, 2.24) is 10.0 Å². The Morgan fingerprint density at radius 2 is 1.62 bits per heavy atom. The second-order valence-electron chi connectivity index (χ2n) is 12.8. The van der Waals surface area contributed by atoms with Crippen molar-refractivity contribution in [2.75, 3.05) is 19.8 Å². The summed E-state index contributed by atoms with van der Waals surface area (Å²) in [5.41, 5.74) is 12.8. The number of amides is 1. The summed E-state index contributed by atoms with van der Waals surface area (Å²) >= 11 is 0. The zero-order chi connectivity index (χ0) is 34.8. The van der Waals surface area contributed by atoms with Crippen LogP contribution in [0.15, 0.2) is 58.4 Å². The number of aliphatic imine (C=N–C) groups is 1. The molecule has 3 aromatic rings. The summed E-state index contributed by atoms with van der Waals surface area (Å²) in [6.07, 6.45) is 0.324. The molecule has 4 N–H and O–H groups in total. The maximum atomic E-state index is 13.5. The van der Waals surface area contributed by atoms with Gasteiger partial charge in [-0.25, -0.2) is 22.7 Å². The maximum absolute atomic E-state index is 13.5. The Balaban J connectivity index is 1.19. The van der Waals surface area contributed by atoms with Gasteiger partial charge in [0.05, 0.1) is 11.5 Å². The zero-order valence-corrected chi connectivity index (χ0v) is 29.1. The average Bonchev–Trinajstić information content (AvgIpc) is 3.54. The van der Waals surface area contributed by atoms with Crippen LogP contribution in [0.3, 0.4) is 0 Å². The first-order chi connectivity index (χ1) is 22.7. The Kier molecular flexibility index (Phi) is 10.0. The number of guanidine groups is 1. The number of esters is 1. The Hall–Kier alpha value is -4.58. The van der Waals surface area contributed by atoms with Crippen LogP contribution in [0.25, 0.3) is 11.1 Å². The molecule has 0 saturated heterocycles. The van der Waals surface area contributed by atoms with Gasteiger partial charge < -0.3 is 25.3 Å². The van der Waals surface area contributed by atoms with Gasteiger partial charge in [-0.15, -0.1) is 0 Å². The molecule has 5 rings (SSSR count). The number of ether oxygens (including phenoxy) is 3. The molecule has 0 saturated carbocycles. The Bertz CT molecular complexity index is 1820. The molecule has 0 radical (unpaired) electrons. The number of hydrogen-bond acceptors (Lipinski definition) is 8. The molecule has 1 amide bonds. The van der Waals surface area contributed by atoms with Gasteiger partial charge in [-0.3, -0.25) is 4.99 Å². The lowest BCUT2D eigenvalue weighted by Gasteiger charge is -2.19. The van der Waals surface area contributed by atoms with Crippen molar-refractivity contribution >= 4 is 28.0 Å². The average molecular weight is 677 g/mol. The van der Waals surface area contributed by atoms with Gasteiger partial charge in [0.1, 0.15) is 24.0 Å². The molecule has 0 bridgehead atoms. The van der Waals surface area contributed by atoms with Crippen LogP contribution in [0.1, 0.15) is 72.9 Å². The lowest BCUT2D eigenvalue weighted by Crippen LogP contribution is -2.42. The number of benzene rings is 3. The van der Waals surface area contributed by atoms with Crippen molar-refractivity contribution in [3.8, 4) is 16.9 Å². The van der Waals surface area contributed by atoms with E-state index < -0.39 is 33.7 Å². The van der Waals surface area contributed by atoms with Crippen molar-refractivity contribution in [2.45, 2.75) is 83.3 Å². The molecule has 0 aromatic heterocycles. The minimum absolute atomic E-state index is 0.0971. The van der Waals surface area contributed by atoms with Crippen LogP contribution in [0.5, 0.6) is 5.75 Å². The second kappa shape index (κ2) is 13.9. The van der Waals surface area contributed by atoms with Crippen molar-refractivity contribution in [3.63, 3.8) is 0 Å². The molecule has 1 heterocycles. The van der Waals surface area contributed by atoms with E-state index in [1.807, 2.05) is 57.2 Å². The minimum atomic E-state index is -4.05. The summed E-state index contributed by atoms with van der Waals surface area (Å²) in [4.78, 5) is 29.9. The van der Waals surface area contributed by atoms with E-state index in [0.29, 0.717) is 24.0 Å². The van der Waals surface area contributed by atoms with Crippen molar-refractivity contribution in [2.24, 2.45) is 10.7 Å². The van der Waals surface area contributed by atoms with Crippen molar-refractivity contribution in [1.29, 1.82) is 0 Å². The summed E-state index contributed by atoms with van der Waals surface area (Å²) < 4.78 is 46.2. The number of nitrogens with two attached hydrogens (primary N) is 1. The second-order valence-corrected chi connectivity index (χ2v) is 14.5. The minimum Gasteiger partial charge on any atom is -0.487 e. The Morgan fingerprint density at radius 1 is 1.00 bits per heavy atom. The number of fused-ring (bicyclic) bond motifs is 4. The molecular formula is C36H44N4O7S. The van der Waals surface area contributed by atoms with E-state index in [1.165, 1.54) is 0 Å². The van der Waals surface area contributed by atoms with Gasteiger partial charge in [-0.05, 0) is 93.3 Å². The van der Waals surface area contributed by atoms with E-state index in [2.05, 4.69) is 27.2 Å². The molecule has 1 aliphatic carbocycles. The monoisotopic (exact) mass is 676 g/mol. The van der Waals surface area contributed by atoms with Gasteiger partial charge in [0.15, 0.2) is 0 Å². The van der Waals surface area contributed by atoms with E-state index in [-0.39, 0.29) is 43.0 Å². The number of carbonyl (C=O) groups is 2. The molecule has 0 spiro atoms. The molecule has 1 aliphatic heterocycles. The number of alkyl carbamates (subject to hydrolysis) is 1. The van der Waals surface area contributed by atoms with Crippen molar-refractivity contribution < 1.29 is 32.2 Å². The number of nitrogens with zero attached hydrogens (tertiary/aromatic N) is 1. The zero-order valence-electron chi connectivity index (χ0n) is 28.3. The molecule has 0 unspecified atom stereocenters. The summed E-state index contributed by atoms with van der Waals surface area (Å²) in [5, 5.41) is 2.63. The smallest absolute Gasteiger partial charge is 0.407 e. The van der Waals surface area contributed by atoms with Gasteiger partial charge in [-0.2, -0.15) is 0 Å². The lowest BCUT2D eigenvalue weighted by molar-refractivity contribution is -0.145. The number of hydrogen-bond donors (Lipinski definition) is 3. The third-order valence-electron chi connectivity index (χ3n) is 8.94. The highest BCUT2D eigenvalue weighted by atomic mass is 32.2. The molecule has 48 heavy (non-hydrogen) atoms. The van der Waals surface area contributed by atoms with E-state index in [1.54, 1.807) is 20.8 Å². The SMILES string of the molecule is CCOC(=O)[C@H](CCCN=C(N)NS(=O)(=O)c1c(C)c(C)c2c(c1C)CC(C)(C)O2)NC(=O)OCC1c2ccccc2-c2ccccc21. The first kappa shape index (κ1) is 34.7. The van der Waals surface area contributed by atoms with Gasteiger partial charge in [-0.1, -0.05) is 48.5 Å². The summed E-state index contributed by atoms with van der Waals surface area (Å²) in [5.74, 6) is -0.272. The van der Waals surface area contributed by atoms with Crippen molar-refractivity contribution in [3.05, 3.63) is 81.9 Å². The Labute approximate surface area is 282 Å². The van der Waals surface area contributed by atoms with E-state index in [4.69, 9.17) is 19.9 Å². The third-order valence-corrected chi connectivity index (χ3v) is 10.6. The summed E-state index contributed by atoms with van der Waals surface area (Å²) in [7, 11) is -4.05. The first-order valence-corrected chi connectivity index (χ1v) is 17.6. The van der Waals surface area contributed by atoms with Crippen LogP contribution >= 0.6 is 0 Å². The molecule has 0 fully saturated rings. The van der Waals surface area contributed by atoms with E-state index in [9.17, 15) is 18.0 Å². The molecule has 12 heteroatoms. The van der Waals surface area contributed by atoms with Crippen LogP contribution < -0.4 is 20.5 Å². The number of carbonyl (C=O) groups excluding carboxylic acids is 2. The topological polar surface area (TPSA) is 158 Å². The predicted octanol–water partition coefficient (Wildman–Crippen LogP) is 5.17.